The van der Waals surface area contributed by atoms with E-state index in [0.717, 1.165) is 12.8 Å². The summed E-state index contributed by atoms with van der Waals surface area (Å²) in [5.74, 6) is -1.01. The van der Waals surface area contributed by atoms with Gasteiger partial charge in [-0.2, -0.15) is 0 Å². The van der Waals surface area contributed by atoms with Crippen LogP contribution in [0.1, 0.15) is 26.2 Å². The van der Waals surface area contributed by atoms with Crippen molar-refractivity contribution < 1.29 is 27.9 Å². The van der Waals surface area contributed by atoms with E-state index in [4.69, 9.17) is 9.84 Å². The fourth-order valence-corrected chi connectivity index (χ4v) is 3.35. The second-order valence-electron chi connectivity index (χ2n) is 5.77. The first-order valence-corrected chi connectivity index (χ1v) is 9.56. The molecule has 1 saturated carbocycles. The Hall–Kier alpha value is -2.13. The number of benzene rings is 1. The Kier molecular flexibility index (Phi) is 6.38. The van der Waals surface area contributed by atoms with Crippen LogP contribution in [0, 0.1) is 5.92 Å². The van der Waals surface area contributed by atoms with Gasteiger partial charge in [-0.3, -0.25) is 4.79 Å². The van der Waals surface area contributed by atoms with Gasteiger partial charge in [0.1, 0.15) is 11.8 Å². The average Bonchev–Trinajstić information content (AvgIpc) is 3.38. The second kappa shape index (κ2) is 8.30. The van der Waals surface area contributed by atoms with Gasteiger partial charge in [0.15, 0.2) is 0 Å². The lowest BCUT2D eigenvalue weighted by Gasteiger charge is -2.13. The molecule has 2 rings (SSSR count). The maximum Gasteiger partial charge on any atom is 0.326 e. The number of ether oxygens (including phenoxy) is 1. The Morgan fingerprint density at radius 2 is 1.92 bits per heavy atom. The number of sulfonamides is 1. The van der Waals surface area contributed by atoms with Crippen molar-refractivity contribution in [3.05, 3.63) is 24.3 Å². The third-order valence-electron chi connectivity index (χ3n) is 3.77. The highest BCUT2D eigenvalue weighted by atomic mass is 32.2. The third kappa shape index (κ3) is 5.71. The van der Waals surface area contributed by atoms with Crippen LogP contribution in [0.25, 0.3) is 0 Å². The summed E-state index contributed by atoms with van der Waals surface area (Å²) in [6.45, 7) is 2.20. The lowest BCUT2D eigenvalue weighted by molar-refractivity contribution is -0.142. The molecule has 25 heavy (non-hydrogen) atoms. The standard InChI is InChI=1S/C16H22N2O6S/c1-2-24-12-5-7-13(8-6-12)25(22,23)17-10-9-14(19)18-15(16(20)21)11-3-4-11/h5-8,11,15,17H,2-4,9-10H2,1H3,(H,18,19)(H,20,21). The van der Waals surface area contributed by atoms with Crippen molar-refractivity contribution >= 4 is 21.9 Å². The van der Waals surface area contributed by atoms with Crippen LogP contribution in [0.15, 0.2) is 29.2 Å². The Bertz CT molecular complexity index is 713. The highest BCUT2D eigenvalue weighted by Gasteiger charge is 2.37. The summed E-state index contributed by atoms with van der Waals surface area (Å²) in [5.41, 5.74) is 0. The molecule has 1 fully saturated rings. The van der Waals surface area contributed by atoms with Crippen LogP contribution >= 0.6 is 0 Å². The van der Waals surface area contributed by atoms with Crippen molar-refractivity contribution in [2.24, 2.45) is 5.92 Å². The molecular formula is C16H22N2O6S. The molecule has 0 radical (unpaired) electrons. The van der Waals surface area contributed by atoms with Gasteiger partial charge in [0.05, 0.1) is 11.5 Å². The highest BCUT2D eigenvalue weighted by Crippen LogP contribution is 2.32. The van der Waals surface area contributed by atoms with E-state index in [-0.39, 0.29) is 23.8 Å². The predicted molar refractivity (Wildman–Crippen MR) is 89.7 cm³/mol. The zero-order chi connectivity index (χ0) is 18.4. The number of rotatable bonds is 10. The molecule has 1 aliphatic carbocycles. The lowest BCUT2D eigenvalue weighted by Crippen LogP contribution is -2.43. The molecule has 1 unspecified atom stereocenters. The molecule has 1 amide bonds. The fraction of sp³-hybridized carbons (Fsp3) is 0.500. The van der Waals surface area contributed by atoms with Gasteiger partial charge in [-0.15, -0.1) is 0 Å². The molecule has 3 N–H and O–H groups in total. The summed E-state index contributed by atoms with van der Waals surface area (Å²) in [7, 11) is -3.74. The van der Waals surface area contributed by atoms with E-state index in [1.165, 1.54) is 12.1 Å². The number of hydrogen-bond donors (Lipinski definition) is 3. The lowest BCUT2D eigenvalue weighted by atomic mass is 10.2. The Morgan fingerprint density at radius 1 is 1.28 bits per heavy atom. The monoisotopic (exact) mass is 370 g/mol. The predicted octanol–water partition coefficient (Wildman–Crippen LogP) is 0.733. The minimum atomic E-state index is -3.74. The number of nitrogens with one attached hydrogen (secondary N) is 2. The summed E-state index contributed by atoms with van der Waals surface area (Å²) in [4.78, 5) is 22.9. The second-order valence-corrected chi connectivity index (χ2v) is 7.54. The fourth-order valence-electron chi connectivity index (χ4n) is 2.32. The molecular weight excluding hydrogens is 348 g/mol. The zero-order valence-corrected chi connectivity index (χ0v) is 14.7. The molecule has 1 atom stereocenters. The summed E-state index contributed by atoms with van der Waals surface area (Å²) >= 11 is 0. The average molecular weight is 370 g/mol. The Balaban J connectivity index is 1.82. The normalized spacial score (nSPS) is 15.4. The molecule has 0 saturated heterocycles. The van der Waals surface area contributed by atoms with Crippen LogP contribution in [0.3, 0.4) is 0 Å². The topological polar surface area (TPSA) is 122 Å². The van der Waals surface area contributed by atoms with E-state index in [9.17, 15) is 18.0 Å². The first kappa shape index (κ1) is 19.2. The van der Waals surface area contributed by atoms with Gasteiger partial charge in [0, 0.05) is 13.0 Å². The molecule has 0 heterocycles. The minimum absolute atomic E-state index is 0.0259. The van der Waals surface area contributed by atoms with E-state index in [1.807, 2.05) is 6.92 Å². The van der Waals surface area contributed by atoms with E-state index in [2.05, 4.69) is 10.0 Å². The smallest absolute Gasteiger partial charge is 0.326 e. The van der Waals surface area contributed by atoms with Gasteiger partial charge in [-0.1, -0.05) is 0 Å². The van der Waals surface area contributed by atoms with Crippen LogP contribution in [0.5, 0.6) is 5.75 Å². The summed E-state index contributed by atoms with van der Waals surface area (Å²) in [5, 5.41) is 11.5. The van der Waals surface area contributed by atoms with Gasteiger partial charge in [0.25, 0.3) is 0 Å². The zero-order valence-electron chi connectivity index (χ0n) is 13.9. The number of aliphatic carboxylic acids is 1. The number of carboxylic acids is 1. The number of carbonyl (C=O) groups is 2. The molecule has 0 bridgehead atoms. The first-order valence-electron chi connectivity index (χ1n) is 8.08. The Morgan fingerprint density at radius 3 is 2.44 bits per heavy atom. The van der Waals surface area contributed by atoms with Gasteiger partial charge in [-0.05, 0) is 49.9 Å². The molecule has 138 valence electrons. The van der Waals surface area contributed by atoms with Crippen molar-refractivity contribution in [1.82, 2.24) is 10.0 Å². The molecule has 8 nitrogen and oxygen atoms in total. The maximum atomic E-state index is 12.2. The SMILES string of the molecule is CCOc1ccc(S(=O)(=O)NCCC(=O)NC(C(=O)O)C2CC2)cc1. The van der Waals surface area contributed by atoms with Crippen LogP contribution in [-0.4, -0.2) is 44.6 Å². The van der Waals surface area contributed by atoms with Gasteiger partial charge >= 0.3 is 5.97 Å². The van der Waals surface area contributed by atoms with E-state index >= 15 is 0 Å². The Labute approximate surface area is 146 Å². The third-order valence-corrected chi connectivity index (χ3v) is 5.24. The van der Waals surface area contributed by atoms with Crippen molar-refractivity contribution in [1.29, 1.82) is 0 Å². The molecule has 0 aliphatic heterocycles. The molecule has 9 heteroatoms. The summed E-state index contributed by atoms with van der Waals surface area (Å²) in [6, 6.07) is 5.05. The molecule has 1 aliphatic rings. The van der Waals surface area contributed by atoms with Crippen molar-refractivity contribution in [3.8, 4) is 5.75 Å². The van der Waals surface area contributed by atoms with Gasteiger partial charge < -0.3 is 15.2 Å². The van der Waals surface area contributed by atoms with Crippen molar-refractivity contribution in [2.45, 2.75) is 37.1 Å². The van der Waals surface area contributed by atoms with Crippen LogP contribution in [0.4, 0.5) is 0 Å². The van der Waals surface area contributed by atoms with Gasteiger partial charge in [-0.25, -0.2) is 17.9 Å². The molecule has 1 aromatic carbocycles. The van der Waals surface area contributed by atoms with E-state index in [0.29, 0.717) is 12.4 Å². The molecule has 1 aromatic rings. The summed E-state index contributed by atoms with van der Waals surface area (Å²) in [6.07, 6.45) is 1.43. The molecule has 0 spiro atoms. The summed E-state index contributed by atoms with van der Waals surface area (Å²) < 4.78 is 31.9. The maximum absolute atomic E-state index is 12.2. The van der Waals surface area contributed by atoms with Crippen molar-refractivity contribution in [2.75, 3.05) is 13.2 Å². The number of hydrogen-bond acceptors (Lipinski definition) is 5. The minimum Gasteiger partial charge on any atom is -0.494 e. The quantitative estimate of drug-likeness (QED) is 0.558. The van der Waals surface area contributed by atoms with Crippen LogP contribution < -0.4 is 14.8 Å². The van der Waals surface area contributed by atoms with E-state index < -0.39 is 27.9 Å². The number of amides is 1. The van der Waals surface area contributed by atoms with Crippen LogP contribution in [0.2, 0.25) is 0 Å². The van der Waals surface area contributed by atoms with Gasteiger partial charge in [0.2, 0.25) is 15.9 Å². The van der Waals surface area contributed by atoms with Crippen molar-refractivity contribution in [3.63, 3.8) is 0 Å². The van der Waals surface area contributed by atoms with Crippen LogP contribution in [-0.2, 0) is 19.6 Å². The highest BCUT2D eigenvalue weighted by molar-refractivity contribution is 7.89. The molecule has 0 aromatic heterocycles. The first-order chi connectivity index (χ1) is 11.8. The number of carboxylic acid groups (broad SMARTS) is 1. The van der Waals surface area contributed by atoms with E-state index in [1.54, 1.807) is 12.1 Å². The number of carbonyl (C=O) groups excluding carboxylic acids is 1. The largest absolute Gasteiger partial charge is 0.494 e.